The van der Waals surface area contributed by atoms with Crippen LogP contribution in [0.3, 0.4) is 0 Å². The number of hydrogen-bond donors (Lipinski definition) is 1. The van der Waals surface area contributed by atoms with E-state index >= 15 is 0 Å². The van der Waals surface area contributed by atoms with Gasteiger partial charge in [0.15, 0.2) is 5.78 Å². The number of nitrogens with two attached hydrogens (primary N) is 1. The molecule has 3 nitrogen and oxygen atoms in total. The zero-order valence-electron chi connectivity index (χ0n) is 6.63. The van der Waals surface area contributed by atoms with Crippen LogP contribution in [0, 0.1) is 0 Å². The Hall–Kier alpha value is -1.38. The first kappa shape index (κ1) is 9.62. The highest BCUT2D eigenvalue weighted by Gasteiger charge is 1.96. The predicted octanol–water partition coefficient (Wildman–Crippen LogP) is 0.563. The second-order valence-corrected chi connectivity index (χ2v) is 2.05. The van der Waals surface area contributed by atoms with Crippen LogP contribution in [0.15, 0.2) is 23.8 Å². The first-order valence-corrected chi connectivity index (χ1v) is 3.22. The molecule has 0 unspecified atom stereocenters. The van der Waals surface area contributed by atoms with Crippen LogP contribution < -0.4 is 5.73 Å². The maximum atomic E-state index is 10.5. The van der Waals surface area contributed by atoms with Gasteiger partial charge in [0.1, 0.15) is 0 Å². The third kappa shape index (κ3) is 4.08. The summed E-state index contributed by atoms with van der Waals surface area (Å²) in [6, 6.07) is 0. The Morgan fingerprint density at radius 3 is 2.09 bits per heavy atom. The van der Waals surface area contributed by atoms with Crippen LogP contribution in [0.1, 0.15) is 13.8 Å². The lowest BCUT2D eigenvalue weighted by molar-refractivity contribution is -0.114. The van der Waals surface area contributed by atoms with Crippen molar-refractivity contribution in [1.82, 2.24) is 0 Å². The van der Waals surface area contributed by atoms with Crippen molar-refractivity contribution < 1.29 is 9.59 Å². The van der Waals surface area contributed by atoms with E-state index in [1.807, 2.05) is 0 Å². The van der Waals surface area contributed by atoms with Crippen LogP contribution in [0.25, 0.3) is 0 Å². The molecule has 0 rings (SSSR count). The van der Waals surface area contributed by atoms with Gasteiger partial charge in [-0.3, -0.25) is 9.59 Å². The number of rotatable bonds is 3. The number of ketones is 1. The molecule has 0 aromatic heterocycles. The lowest BCUT2D eigenvalue weighted by atomic mass is 10.2. The minimum absolute atomic E-state index is 0.106. The molecule has 2 N–H and O–H groups in total. The van der Waals surface area contributed by atoms with Gasteiger partial charge in [-0.15, -0.1) is 0 Å². The summed E-state index contributed by atoms with van der Waals surface area (Å²) in [7, 11) is 0. The van der Waals surface area contributed by atoms with E-state index in [1.54, 1.807) is 13.0 Å². The molecule has 0 radical (unpaired) electrons. The summed E-state index contributed by atoms with van der Waals surface area (Å²) >= 11 is 0. The molecule has 0 bridgehead atoms. The summed E-state index contributed by atoms with van der Waals surface area (Å²) in [6.07, 6.45) is 4.27. The molecule has 0 atom stereocenters. The summed E-state index contributed by atoms with van der Waals surface area (Å²) in [5.74, 6) is -0.629. The molecule has 0 aromatic carbocycles. The molecule has 60 valence electrons. The van der Waals surface area contributed by atoms with Crippen molar-refractivity contribution in [3.63, 3.8) is 0 Å². The van der Waals surface area contributed by atoms with Gasteiger partial charge in [0.2, 0.25) is 5.91 Å². The molecule has 0 spiro atoms. The van der Waals surface area contributed by atoms with E-state index in [2.05, 4.69) is 0 Å². The number of allylic oxidation sites excluding steroid dienone is 2. The smallest absolute Gasteiger partial charge is 0.248 e. The van der Waals surface area contributed by atoms with Gasteiger partial charge in [-0.2, -0.15) is 0 Å². The zero-order valence-corrected chi connectivity index (χ0v) is 6.63. The molecule has 0 aliphatic rings. The van der Waals surface area contributed by atoms with E-state index in [-0.39, 0.29) is 5.78 Å². The van der Waals surface area contributed by atoms with Crippen molar-refractivity contribution in [3.05, 3.63) is 23.8 Å². The van der Waals surface area contributed by atoms with Crippen molar-refractivity contribution in [1.29, 1.82) is 0 Å². The molecule has 0 saturated heterocycles. The van der Waals surface area contributed by atoms with Crippen LogP contribution in [0.4, 0.5) is 0 Å². The van der Waals surface area contributed by atoms with Crippen LogP contribution in [-0.4, -0.2) is 11.7 Å². The van der Waals surface area contributed by atoms with E-state index in [0.29, 0.717) is 5.57 Å². The van der Waals surface area contributed by atoms with Gasteiger partial charge in [0.25, 0.3) is 0 Å². The van der Waals surface area contributed by atoms with Gasteiger partial charge >= 0.3 is 0 Å². The second kappa shape index (κ2) is 4.44. The third-order valence-corrected chi connectivity index (χ3v) is 1.09. The van der Waals surface area contributed by atoms with Crippen molar-refractivity contribution >= 4 is 11.7 Å². The van der Waals surface area contributed by atoms with Gasteiger partial charge < -0.3 is 5.73 Å². The number of carbonyl (C=O) groups is 2. The molecule has 0 saturated carbocycles. The van der Waals surface area contributed by atoms with E-state index in [4.69, 9.17) is 5.73 Å². The van der Waals surface area contributed by atoms with Gasteiger partial charge in [-0.05, 0) is 26.0 Å². The lowest BCUT2D eigenvalue weighted by Gasteiger charge is -1.90. The van der Waals surface area contributed by atoms with Gasteiger partial charge in [-0.1, -0.05) is 6.08 Å². The highest BCUT2D eigenvalue weighted by atomic mass is 16.1. The Morgan fingerprint density at radius 1 is 1.27 bits per heavy atom. The molecule has 0 aromatic rings. The molecular weight excluding hydrogens is 142 g/mol. The standard InChI is InChI=1S/C8H11NO2/c1-3-7(8(9)11)5-4-6(2)10/h3-5H,1-2H3,(H2,9,11)/b5-4-,7-3+. The van der Waals surface area contributed by atoms with Crippen LogP contribution in [0.5, 0.6) is 0 Å². The fourth-order valence-corrected chi connectivity index (χ4v) is 0.528. The second-order valence-electron chi connectivity index (χ2n) is 2.05. The molecule has 0 heterocycles. The van der Waals surface area contributed by atoms with E-state index < -0.39 is 5.91 Å². The molecule has 1 amide bonds. The maximum Gasteiger partial charge on any atom is 0.248 e. The van der Waals surface area contributed by atoms with E-state index in [0.717, 1.165) is 0 Å². The molecule has 0 aliphatic carbocycles. The Morgan fingerprint density at radius 2 is 1.82 bits per heavy atom. The number of amides is 1. The summed E-state index contributed by atoms with van der Waals surface area (Å²) in [6.45, 7) is 3.09. The summed E-state index contributed by atoms with van der Waals surface area (Å²) in [5.41, 5.74) is 5.31. The van der Waals surface area contributed by atoms with Crippen molar-refractivity contribution in [3.8, 4) is 0 Å². The van der Waals surface area contributed by atoms with Crippen LogP contribution in [-0.2, 0) is 9.59 Å². The number of carbonyl (C=O) groups excluding carboxylic acids is 2. The minimum atomic E-state index is -0.523. The Labute approximate surface area is 65.6 Å². The number of primary amides is 1. The third-order valence-electron chi connectivity index (χ3n) is 1.09. The van der Waals surface area contributed by atoms with Gasteiger partial charge in [0, 0.05) is 5.57 Å². The SMILES string of the molecule is C/C=C(\C=C/C(C)=O)C(N)=O. The molecule has 3 heteroatoms. The highest BCUT2D eigenvalue weighted by molar-refractivity contribution is 5.97. The largest absolute Gasteiger partial charge is 0.366 e. The van der Waals surface area contributed by atoms with Crippen molar-refractivity contribution in [2.45, 2.75) is 13.8 Å². The van der Waals surface area contributed by atoms with Crippen LogP contribution >= 0.6 is 0 Å². The summed E-state index contributed by atoms with van der Waals surface area (Å²) < 4.78 is 0. The predicted molar refractivity (Wildman–Crippen MR) is 42.8 cm³/mol. The molecular formula is C8H11NO2. The van der Waals surface area contributed by atoms with Gasteiger partial charge in [-0.25, -0.2) is 0 Å². The first-order chi connectivity index (χ1) is 5.07. The lowest BCUT2D eigenvalue weighted by Crippen LogP contribution is -2.12. The topological polar surface area (TPSA) is 60.2 Å². The highest BCUT2D eigenvalue weighted by Crippen LogP contribution is 1.94. The Balaban J connectivity index is 4.34. The van der Waals surface area contributed by atoms with E-state index in [1.165, 1.54) is 19.1 Å². The van der Waals surface area contributed by atoms with Crippen molar-refractivity contribution in [2.75, 3.05) is 0 Å². The molecule has 0 fully saturated rings. The average molecular weight is 153 g/mol. The maximum absolute atomic E-state index is 10.5. The zero-order chi connectivity index (χ0) is 8.85. The minimum Gasteiger partial charge on any atom is -0.366 e. The van der Waals surface area contributed by atoms with Crippen LogP contribution in [0.2, 0.25) is 0 Å². The first-order valence-electron chi connectivity index (χ1n) is 3.22. The summed E-state index contributed by atoms with van der Waals surface area (Å²) in [5, 5.41) is 0. The fourth-order valence-electron chi connectivity index (χ4n) is 0.528. The monoisotopic (exact) mass is 153 g/mol. The van der Waals surface area contributed by atoms with E-state index in [9.17, 15) is 9.59 Å². The average Bonchev–Trinajstić information content (AvgIpc) is 1.87. The fraction of sp³-hybridized carbons (Fsp3) is 0.250. The molecule has 11 heavy (non-hydrogen) atoms. The normalized spacial score (nSPS) is 12.0. The number of hydrogen-bond acceptors (Lipinski definition) is 2. The van der Waals surface area contributed by atoms with Crippen molar-refractivity contribution in [2.24, 2.45) is 5.73 Å². The Bertz CT molecular complexity index is 226. The quantitative estimate of drug-likeness (QED) is 0.475. The summed E-state index contributed by atoms with van der Waals surface area (Å²) in [4.78, 5) is 21.0. The Kier molecular flexibility index (Phi) is 3.88. The van der Waals surface area contributed by atoms with Gasteiger partial charge in [0.05, 0.1) is 0 Å². The molecule has 0 aliphatic heterocycles.